The summed E-state index contributed by atoms with van der Waals surface area (Å²) in [5, 5.41) is 11.9. The molecule has 0 aromatic heterocycles. The first-order valence-corrected chi connectivity index (χ1v) is 6.69. The Morgan fingerprint density at radius 1 is 0.792 bits per heavy atom. The number of halogens is 6. The van der Waals surface area contributed by atoms with Crippen LogP contribution >= 0.6 is 0 Å². The molecular weight excluding hydrogens is 338 g/mol. The Morgan fingerprint density at radius 2 is 1.29 bits per heavy atom. The highest BCUT2D eigenvalue weighted by Gasteiger charge is 2.36. The lowest BCUT2D eigenvalue weighted by Gasteiger charge is -2.18. The minimum absolute atomic E-state index is 0.324. The van der Waals surface area contributed by atoms with Gasteiger partial charge in [0.15, 0.2) is 0 Å². The van der Waals surface area contributed by atoms with Crippen LogP contribution in [0.25, 0.3) is 0 Å². The molecule has 0 saturated heterocycles. The van der Waals surface area contributed by atoms with E-state index in [1.807, 2.05) is 0 Å². The third kappa shape index (κ3) is 4.27. The van der Waals surface area contributed by atoms with E-state index in [0.29, 0.717) is 6.07 Å². The van der Waals surface area contributed by atoms with E-state index < -0.39 is 41.9 Å². The summed E-state index contributed by atoms with van der Waals surface area (Å²) in [6.07, 6.45) is -11.7. The minimum Gasteiger partial charge on any atom is -0.341 e. The molecule has 1 radical (unpaired) electrons. The molecule has 129 valence electrons. The van der Waals surface area contributed by atoms with Crippen LogP contribution in [0, 0.1) is 0 Å². The largest absolute Gasteiger partial charge is 0.416 e. The minimum atomic E-state index is -4.76. The lowest BCUT2D eigenvalue weighted by molar-refractivity contribution is -0.168. The van der Waals surface area contributed by atoms with Gasteiger partial charge in [0.2, 0.25) is 6.29 Å². The maximum Gasteiger partial charge on any atom is 0.416 e. The molecule has 0 aliphatic heterocycles. The summed E-state index contributed by atoms with van der Waals surface area (Å²) in [4.78, 5) is 0. The Hall–Kier alpha value is -2.06. The Kier molecular flexibility index (Phi) is 5.19. The van der Waals surface area contributed by atoms with E-state index in [1.165, 1.54) is 18.2 Å². The zero-order valence-electron chi connectivity index (χ0n) is 12.0. The highest BCUT2D eigenvalue weighted by molar-refractivity contribution is 5.31. The van der Waals surface area contributed by atoms with Gasteiger partial charge in [-0.3, -0.25) is 0 Å². The number of hydrogen-bond donors (Lipinski definition) is 0. The number of ether oxygens (including phenoxy) is 1. The van der Waals surface area contributed by atoms with Gasteiger partial charge in [-0.1, -0.05) is 36.4 Å². The van der Waals surface area contributed by atoms with Crippen molar-refractivity contribution in [2.45, 2.75) is 25.2 Å². The average molecular weight is 349 g/mol. The van der Waals surface area contributed by atoms with Gasteiger partial charge in [-0.15, -0.1) is 0 Å². The van der Waals surface area contributed by atoms with Gasteiger partial charge in [0.25, 0.3) is 0 Å². The summed E-state index contributed by atoms with van der Waals surface area (Å²) in [7, 11) is 0. The molecule has 0 N–H and O–H groups in total. The fourth-order valence-electron chi connectivity index (χ4n) is 2.14. The van der Waals surface area contributed by atoms with Crippen molar-refractivity contribution in [1.82, 2.24) is 0 Å². The molecule has 0 bridgehead atoms. The molecule has 1 unspecified atom stereocenters. The van der Waals surface area contributed by atoms with Crippen LogP contribution in [-0.2, 0) is 28.8 Å². The molecule has 0 saturated carbocycles. The Balaban J connectivity index is 2.20. The zero-order chi connectivity index (χ0) is 18.0. The van der Waals surface area contributed by atoms with Crippen LogP contribution in [0.15, 0.2) is 48.5 Å². The normalized spacial score (nSPS) is 13.8. The molecule has 0 heterocycles. The maximum absolute atomic E-state index is 12.8. The van der Waals surface area contributed by atoms with Crippen molar-refractivity contribution in [3.63, 3.8) is 0 Å². The molecule has 0 fully saturated rings. The van der Waals surface area contributed by atoms with Gasteiger partial charge in [0, 0.05) is 5.56 Å². The van der Waals surface area contributed by atoms with Gasteiger partial charge in [-0.2, -0.15) is 31.4 Å². The molecular formula is C16H11F6O2. The van der Waals surface area contributed by atoms with Crippen LogP contribution in [0.3, 0.4) is 0 Å². The number of alkyl halides is 6. The van der Waals surface area contributed by atoms with Gasteiger partial charge in [-0.05, 0) is 17.7 Å². The first-order chi connectivity index (χ1) is 11.1. The molecule has 24 heavy (non-hydrogen) atoms. The summed E-state index contributed by atoms with van der Waals surface area (Å²) < 4.78 is 81.8. The van der Waals surface area contributed by atoms with Crippen LogP contribution < -0.4 is 0 Å². The van der Waals surface area contributed by atoms with Crippen LogP contribution in [0.5, 0.6) is 0 Å². The van der Waals surface area contributed by atoms with Crippen molar-refractivity contribution in [3.05, 3.63) is 70.8 Å². The summed E-state index contributed by atoms with van der Waals surface area (Å²) in [6.45, 7) is -0.754. The summed E-state index contributed by atoms with van der Waals surface area (Å²) in [5.41, 5.74) is -3.17. The number of hydrogen-bond acceptors (Lipinski definition) is 1. The summed E-state index contributed by atoms with van der Waals surface area (Å²) >= 11 is 0. The van der Waals surface area contributed by atoms with Crippen molar-refractivity contribution < 1.29 is 36.2 Å². The highest BCUT2D eigenvalue weighted by Crippen LogP contribution is 2.36. The molecule has 2 rings (SSSR count). The lowest BCUT2D eigenvalue weighted by Crippen LogP contribution is -2.14. The Morgan fingerprint density at radius 3 is 1.88 bits per heavy atom. The van der Waals surface area contributed by atoms with Crippen molar-refractivity contribution in [3.8, 4) is 0 Å². The van der Waals surface area contributed by atoms with E-state index in [9.17, 15) is 31.4 Å². The third-order valence-corrected chi connectivity index (χ3v) is 3.23. The van der Waals surface area contributed by atoms with Crippen LogP contribution in [-0.4, -0.2) is 0 Å². The fraction of sp³-hybridized carbons (Fsp3) is 0.250. The summed E-state index contributed by atoms with van der Waals surface area (Å²) in [5.74, 6) is 0. The predicted octanol–water partition coefficient (Wildman–Crippen LogP) is 5.37. The van der Waals surface area contributed by atoms with E-state index >= 15 is 0 Å². The average Bonchev–Trinajstić information content (AvgIpc) is 2.51. The van der Waals surface area contributed by atoms with E-state index in [-0.39, 0.29) is 5.56 Å². The van der Waals surface area contributed by atoms with Gasteiger partial charge >= 0.3 is 12.4 Å². The van der Waals surface area contributed by atoms with Crippen molar-refractivity contribution in [1.29, 1.82) is 0 Å². The second kappa shape index (κ2) is 6.82. The topological polar surface area (TPSA) is 29.1 Å². The molecule has 2 aromatic carbocycles. The molecule has 2 nitrogen and oxygen atoms in total. The molecule has 2 aromatic rings. The third-order valence-electron chi connectivity index (χ3n) is 3.23. The van der Waals surface area contributed by atoms with Gasteiger partial charge in [-0.25, -0.2) is 0 Å². The van der Waals surface area contributed by atoms with E-state index in [1.54, 1.807) is 0 Å². The lowest BCUT2D eigenvalue weighted by atomic mass is 10.1. The van der Waals surface area contributed by atoms with Crippen molar-refractivity contribution in [2.75, 3.05) is 0 Å². The number of benzene rings is 2. The van der Waals surface area contributed by atoms with Crippen molar-refractivity contribution >= 4 is 0 Å². The fourth-order valence-corrected chi connectivity index (χ4v) is 2.14. The first kappa shape index (κ1) is 18.3. The van der Waals surface area contributed by atoms with E-state index in [0.717, 1.165) is 24.3 Å². The standard InChI is InChI=1S/C16H11F6O2/c17-15(18,19)12-7-3-1-5-10(12)9-24-14(23)11-6-2-4-8-13(11)16(20,21)22/h1-8,14H,9H2. The molecule has 8 heteroatoms. The first-order valence-electron chi connectivity index (χ1n) is 6.69. The molecule has 0 spiro atoms. The van der Waals surface area contributed by atoms with Crippen LogP contribution in [0.4, 0.5) is 26.3 Å². The van der Waals surface area contributed by atoms with Crippen LogP contribution in [0.2, 0.25) is 0 Å². The maximum atomic E-state index is 12.8. The molecule has 1 atom stereocenters. The second-order valence-corrected chi connectivity index (χ2v) is 4.88. The highest BCUT2D eigenvalue weighted by atomic mass is 19.4. The van der Waals surface area contributed by atoms with E-state index in [4.69, 9.17) is 4.74 Å². The van der Waals surface area contributed by atoms with Gasteiger partial charge < -0.3 is 4.74 Å². The molecule has 0 aliphatic rings. The second-order valence-electron chi connectivity index (χ2n) is 4.88. The van der Waals surface area contributed by atoms with Crippen molar-refractivity contribution in [2.24, 2.45) is 0 Å². The quantitative estimate of drug-likeness (QED) is 0.539. The number of rotatable bonds is 4. The Labute approximate surface area is 133 Å². The zero-order valence-corrected chi connectivity index (χ0v) is 12.0. The molecule has 0 amide bonds. The summed E-state index contributed by atoms with van der Waals surface area (Å²) in [6, 6.07) is 8.38. The van der Waals surface area contributed by atoms with Gasteiger partial charge in [0.1, 0.15) is 0 Å². The van der Waals surface area contributed by atoms with E-state index in [2.05, 4.69) is 0 Å². The smallest absolute Gasteiger partial charge is 0.341 e. The van der Waals surface area contributed by atoms with Crippen LogP contribution in [0.1, 0.15) is 28.5 Å². The predicted molar refractivity (Wildman–Crippen MR) is 71.1 cm³/mol. The monoisotopic (exact) mass is 349 g/mol. The molecule has 0 aliphatic carbocycles. The van der Waals surface area contributed by atoms with Gasteiger partial charge in [0.05, 0.1) is 17.7 Å². The Bertz CT molecular complexity index is 693. The SMILES string of the molecule is [O]C(OCc1ccccc1C(F)(F)F)c1ccccc1C(F)(F)F.